The first-order chi connectivity index (χ1) is 6.81. The smallest absolute Gasteiger partial charge is 0.137 e. The summed E-state index contributed by atoms with van der Waals surface area (Å²) in [5, 5.41) is 1.87. The average Bonchev–Trinajstić information content (AvgIpc) is 2.65. The molecule has 1 aromatic rings. The van der Waals surface area contributed by atoms with Gasteiger partial charge in [-0.25, -0.2) is 5.01 Å². The van der Waals surface area contributed by atoms with Gasteiger partial charge in [0.15, 0.2) is 0 Å². The second-order valence-electron chi connectivity index (χ2n) is 3.55. The van der Waals surface area contributed by atoms with Crippen LogP contribution in [0.5, 0.6) is 5.75 Å². The van der Waals surface area contributed by atoms with E-state index in [9.17, 15) is 0 Å². The van der Waals surface area contributed by atoms with Gasteiger partial charge in [0.25, 0.3) is 0 Å². The lowest BCUT2D eigenvalue weighted by Gasteiger charge is -2.19. The largest absolute Gasteiger partial charge is 0.495 e. The molecule has 0 radical (unpaired) electrons. The van der Waals surface area contributed by atoms with Crippen LogP contribution in [-0.2, 0) is 0 Å². The number of methoxy groups -OCH3 is 1. The zero-order valence-corrected chi connectivity index (χ0v) is 8.31. The number of ether oxygens (including phenoxy) is 1. The molecule has 0 unspecified atom stereocenters. The fourth-order valence-corrected chi connectivity index (χ4v) is 1.88. The van der Waals surface area contributed by atoms with Gasteiger partial charge in [-0.1, -0.05) is 0 Å². The van der Waals surface area contributed by atoms with Crippen molar-refractivity contribution in [1.82, 2.24) is 9.99 Å². The Morgan fingerprint density at radius 1 is 1.57 bits per heavy atom. The Morgan fingerprint density at radius 3 is 3.07 bits per heavy atom. The molecule has 1 saturated heterocycles. The molecule has 0 saturated carbocycles. The van der Waals surface area contributed by atoms with E-state index in [1.54, 1.807) is 13.3 Å². The molecule has 1 fully saturated rings. The van der Waals surface area contributed by atoms with Gasteiger partial charge in [-0.05, 0) is 24.5 Å². The highest BCUT2D eigenvalue weighted by Gasteiger charge is 2.23. The van der Waals surface area contributed by atoms with E-state index in [1.165, 1.54) is 0 Å². The number of aromatic nitrogens is 1. The number of hydrogen-bond acceptors (Lipinski definition) is 4. The van der Waals surface area contributed by atoms with Gasteiger partial charge in [-0.3, -0.25) is 10.8 Å². The van der Waals surface area contributed by atoms with Crippen LogP contribution < -0.4 is 10.6 Å². The SMILES string of the molecule is COc1cncc([C@@H]2CCCN2N)c1. The van der Waals surface area contributed by atoms with Crippen LogP contribution in [-0.4, -0.2) is 23.6 Å². The third-order valence-electron chi connectivity index (χ3n) is 2.65. The number of nitrogens with two attached hydrogens (primary N) is 1. The van der Waals surface area contributed by atoms with Crippen LogP contribution in [0.2, 0.25) is 0 Å². The van der Waals surface area contributed by atoms with E-state index in [-0.39, 0.29) is 0 Å². The van der Waals surface area contributed by atoms with E-state index in [0.717, 1.165) is 30.7 Å². The summed E-state index contributed by atoms with van der Waals surface area (Å²) in [7, 11) is 1.65. The Hall–Kier alpha value is -1.13. The minimum atomic E-state index is 0.303. The van der Waals surface area contributed by atoms with Crippen LogP contribution in [0.3, 0.4) is 0 Å². The zero-order valence-electron chi connectivity index (χ0n) is 8.31. The molecule has 2 rings (SSSR count). The summed E-state index contributed by atoms with van der Waals surface area (Å²) in [4.78, 5) is 4.13. The monoisotopic (exact) mass is 193 g/mol. The van der Waals surface area contributed by atoms with Crippen molar-refractivity contribution >= 4 is 0 Å². The molecule has 0 spiro atoms. The van der Waals surface area contributed by atoms with Gasteiger partial charge < -0.3 is 4.74 Å². The zero-order chi connectivity index (χ0) is 9.97. The highest BCUT2D eigenvalue weighted by Crippen LogP contribution is 2.29. The summed E-state index contributed by atoms with van der Waals surface area (Å²) in [6, 6.07) is 2.31. The van der Waals surface area contributed by atoms with Crippen LogP contribution >= 0.6 is 0 Å². The maximum Gasteiger partial charge on any atom is 0.137 e. The van der Waals surface area contributed by atoms with Crippen LogP contribution in [0.1, 0.15) is 24.4 Å². The molecule has 1 aliphatic heterocycles. The Labute approximate surface area is 83.7 Å². The minimum Gasteiger partial charge on any atom is -0.495 e. The maximum atomic E-state index is 5.87. The molecule has 14 heavy (non-hydrogen) atoms. The second kappa shape index (κ2) is 3.94. The van der Waals surface area contributed by atoms with E-state index in [4.69, 9.17) is 10.6 Å². The topological polar surface area (TPSA) is 51.4 Å². The highest BCUT2D eigenvalue weighted by atomic mass is 16.5. The van der Waals surface area contributed by atoms with Crippen molar-refractivity contribution in [3.05, 3.63) is 24.0 Å². The van der Waals surface area contributed by atoms with E-state index < -0.39 is 0 Å². The van der Waals surface area contributed by atoms with Gasteiger partial charge >= 0.3 is 0 Å². The van der Waals surface area contributed by atoms with Crippen molar-refractivity contribution < 1.29 is 4.74 Å². The second-order valence-corrected chi connectivity index (χ2v) is 3.55. The van der Waals surface area contributed by atoms with Crippen molar-refractivity contribution in [1.29, 1.82) is 0 Å². The molecule has 1 aliphatic rings. The van der Waals surface area contributed by atoms with Crippen LogP contribution in [0.4, 0.5) is 0 Å². The Kier molecular flexibility index (Phi) is 2.65. The third kappa shape index (κ3) is 1.71. The van der Waals surface area contributed by atoms with Crippen LogP contribution in [0.15, 0.2) is 18.5 Å². The number of nitrogens with zero attached hydrogens (tertiary/aromatic N) is 2. The molecule has 4 heteroatoms. The van der Waals surface area contributed by atoms with E-state index >= 15 is 0 Å². The molecular weight excluding hydrogens is 178 g/mol. The Morgan fingerprint density at radius 2 is 2.43 bits per heavy atom. The molecule has 0 amide bonds. The number of rotatable bonds is 2. The normalized spacial score (nSPS) is 22.6. The lowest BCUT2D eigenvalue weighted by Crippen LogP contribution is -2.30. The van der Waals surface area contributed by atoms with Gasteiger partial charge in [-0.15, -0.1) is 0 Å². The van der Waals surface area contributed by atoms with Crippen molar-refractivity contribution in [3.8, 4) is 5.75 Å². The molecule has 1 aromatic heterocycles. The molecule has 76 valence electrons. The maximum absolute atomic E-state index is 5.87. The molecule has 2 N–H and O–H groups in total. The Balaban J connectivity index is 2.22. The quantitative estimate of drug-likeness (QED) is 0.715. The number of pyridine rings is 1. The fraction of sp³-hybridized carbons (Fsp3) is 0.500. The summed E-state index contributed by atoms with van der Waals surface area (Å²) in [5.74, 6) is 6.66. The number of hydrazine groups is 1. The first-order valence-corrected chi connectivity index (χ1v) is 4.81. The molecular formula is C10H15N3O. The first kappa shape index (κ1) is 9.43. The molecule has 1 atom stereocenters. The van der Waals surface area contributed by atoms with Crippen molar-refractivity contribution in [3.63, 3.8) is 0 Å². The van der Waals surface area contributed by atoms with Gasteiger partial charge in [0.05, 0.1) is 19.3 Å². The van der Waals surface area contributed by atoms with Crippen LogP contribution in [0, 0.1) is 0 Å². The lowest BCUT2D eigenvalue weighted by molar-refractivity contribution is 0.265. The molecule has 0 bridgehead atoms. The lowest BCUT2D eigenvalue weighted by atomic mass is 10.1. The first-order valence-electron chi connectivity index (χ1n) is 4.81. The van der Waals surface area contributed by atoms with E-state index in [0.29, 0.717) is 6.04 Å². The van der Waals surface area contributed by atoms with Gasteiger partial charge in [-0.2, -0.15) is 0 Å². The van der Waals surface area contributed by atoms with Crippen LogP contribution in [0.25, 0.3) is 0 Å². The van der Waals surface area contributed by atoms with E-state index in [2.05, 4.69) is 4.98 Å². The van der Waals surface area contributed by atoms with Gasteiger partial charge in [0.2, 0.25) is 0 Å². The number of hydrogen-bond donors (Lipinski definition) is 1. The Bertz CT molecular complexity index is 316. The minimum absolute atomic E-state index is 0.303. The fourth-order valence-electron chi connectivity index (χ4n) is 1.88. The summed E-state index contributed by atoms with van der Waals surface area (Å²) in [5.41, 5.74) is 1.14. The molecule has 0 aromatic carbocycles. The van der Waals surface area contributed by atoms with Gasteiger partial charge in [0.1, 0.15) is 5.75 Å². The van der Waals surface area contributed by atoms with Crippen molar-refractivity contribution in [2.45, 2.75) is 18.9 Å². The summed E-state index contributed by atoms with van der Waals surface area (Å²) in [6.45, 7) is 0.960. The van der Waals surface area contributed by atoms with Gasteiger partial charge in [0, 0.05) is 12.7 Å². The standard InChI is InChI=1S/C10H15N3O/c1-14-9-5-8(6-12-7-9)10-3-2-4-13(10)11/h5-7,10H,2-4,11H2,1H3/t10-/m0/s1. The van der Waals surface area contributed by atoms with Crippen molar-refractivity contribution in [2.24, 2.45) is 5.84 Å². The molecule has 4 nitrogen and oxygen atoms in total. The summed E-state index contributed by atoms with van der Waals surface area (Å²) >= 11 is 0. The molecule has 2 heterocycles. The highest BCUT2D eigenvalue weighted by molar-refractivity contribution is 5.26. The summed E-state index contributed by atoms with van der Waals surface area (Å²) in [6.07, 6.45) is 5.82. The van der Waals surface area contributed by atoms with Crippen molar-refractivity contribution in [2.75, 3.05) is 13.7 Å². The average molecular weight is 193 g/mol. The third-order valence-corrected chi connectivity index (χ3v) is 2.65. The predicted molar refractivity (Wildman–Crippen MR) is 53.7 cm³/mol. The predicted octanol–water partition coefficient (Wildman–Crippen LogP) is 1.10. The van der Waals surface area contributed by atoms with E-state index in [1.807, 2.05) is 17.3 Å². The molecule has 0 aliphatic carbocycles. The summed E-state index contributed by atoms with van der Waals surface area (Å²) < 4.78 is 5.13.